The Labute approximate surface area is 148 Å². The zero-order valence-electron chi connectivity index (χ0n) is 14.8. The van der Waals surface area contributed by atoms with Crippen LogP contribution in [0.4, 0.5) is 0 Å². The van der Waals surface area contributed by atoms with E-state index in [2.05, 4.69) is 4.98 Å². The van der Waals surface area contributed by atoms with E-state index < -0.39 is 10.2 Å². The lowest BCUT2D eigenvalue weighted by molar-refractivity contribution is 0.0781. The predicted octanol–water partition coefficient (Wildman–Crippen LogP) is 1.16. The van der Waals surface area contributed by atoms with Gasteiger partial charge in [0.15, 0.2) is 5.78 Å². The molecule has 2 heterocycles. The summed E-state index contributed by atoms with van der Waals surface area (Å²) in [5, 5.41) is 0.924. The summed E-state index contributed by atoms with van der Waals surface area (Å²) in [6, 6.07) is 7.45. The van der Waals surface area contributed by atoms with Crippen LogP contribution in [0.3, 0.4) is 0 Å². The Bertz CT molecular complexity index is 867. The van der Waals surface area contributed by atoms with E-state index in [0.717, 1.165) is 10.9 Å². The van der Waals surface area contributed by atoms with Gasteiger partial charge >= 0.3 is 0 Å². The highest BCUT2D eigenvalue weighted by Gasteiger charge is 2.32. The van der Waals surface area contributed by atoms with E-state index in [9.17, 15) is 13.2 Å². The molecule has 1 unspecified atom stereocenters. The number of aromatic nitrogens is 1. The molecule has 1 aromatic carbocycles. The van der Waals surface area contributed by atoms with Crippen molar-refractivity contribution < 1.29 is 13.2 Å². The van der Waals surface area contributed by atoms with Gasteiger partial charge < -0.3 is 4.98 Å². The molecule has 136 valence electrons. The van der Waals surface area contributed by atoms with Crippen LogP contribution in [0.1, 0.15) is 17.3 Å². The molecule has 1 aliphatic rings. The van der Waals surface area contributed by atoms with Gasteiger partial charge in [0.2, 0.25) is 0 Å². The summed E-state index contributed by atoms with van der Waals surface area (Å²) in [7, 11) is -0.326. The second-order valence-electron chi connectivity index (χ2n) is 6.51. The van der Waals surface area contributed by atoms with E-state index in [1.165, 1.54) is 22.7 Å². The summed E-state index contributed by atoms with van der Waals surface area (Å²) < 4.78 is 27.1. The Morgan fingerprint density at radius 2 is 1.80 bits per heavy atom. The van der Waals surface area contributed by atoms with E-state index in [-0.39, 0.29) is 11.8 Å². The number of H-pyrrole nitrogens is 1. The van der Waals surface area contributed by atoms with Crippen LogP contribution in [0.2, 0.25) is 0 Å². The smallest absolute Gasteiger partial charge is 0.281 e. The maximum atomic E-state index is 12.9. The van der Waals surface area contributed by atoms with Crippen molar-refractivity contribution in [2.45, 2.75) is 13.0 Å². The average molecular weight is 364 g/mol. The third kappa shape index (κ3) is 3.35. The van der Waals surface area contributed by atoms with Crippen molar-refractivity contribution in [3.63, 3.8) is 0 Å². The second-order valence-corrected chi connectivity index (χ2v) is 8.66. The van der Waals surface area contributed by atoms with Crippen molar-refractivity contribution in [1.82, 2.24) is 18.5 Å². The summed E-state index contributed by atoms with van der Waals surface area (Å²) in [5.41, 5.74) is 1.63. The number of fused-ring (bicyclic) bond motifs is 1. The van der Waals surface area contributed by atoms with Crippen LogP contribution in [-0.2, 0) is 10.2 Å². The molecule has 2 aromatic rings. The summed E-state index contributed by atoms with van der Waals surface area (Å²) in [4.78, 5) is 18.1. The van der Waals surface area contributed by atoms with Crippen LogP contribution in [0, 0.1) is 0 Å². The minimum atomic E-state index is -3.39. The molecule has 1 N–H and O–H groups in total. The van der Waals surface area contributed by atoms with E-state index in [1.54, 1.807) is 6.20 Å². The van der Waals surface area contributed by atoms with Crippen molar-refractivity contribution in [2.24, 2.45) is 0 Å². The number of benzene rings is 1. The topological polar surface area (TPSA) is 76.7 Å². The molecule has 0 amide bonds. The number of Topliss-reactive ketones (excluding diaryl/α,β-unsaturated/α-hetero) is 1. The fourth-order valence-electron chi connectivity index (χ4n) is 3.22. The Morgan fingerprint density at radius 1 is 1.16 bits per heavy atom. The maximum Gasteiger partial charge on any atom is 0.281 e. The highest BCUT2D eigenvalue weighted by atomic mass is 32.2. The molecular weight excluding hydrogens is 340 g/mol. The molecule has 1 aliphatic heterocycles. The summed E-state index contributed by atoms with van der Waals surface area (Å²) >= 11 is 0. The Kier molecular flexibility index (Phi) is 4.97. The molecule has 0 bridgehead atoms. The summed E-state index contributed by atoms with van der Waals surface area (Å²) in [6.45, 7) is 3.77. The molecule has 7 nitrogen and oxygen atoms in total. The van der Waals surface area contributed by atoms with E-state index in [4.69, 9.17) is 0 Å². The minimum absolute atomic E-state index is 0.0568. The van der Waals surface area contributed by atoms with Crippen LogP contribution >= 0.6 is 0 Å². The fourth-order valence-corrected chi connectivity index (χ4v) is 4.31. The van der Waals surface area contributed by atoms with Crippen molar-refractivity contribution in [1.29, 1.82) is 0 Å². The summed E-state index contributed by atoms with van der Waals surface area (Å²) in [5.74, 6) is 0.0568. The maximum absolute atomic E-state index is 12.9. The molecule has 1 fully saturated rings. The number of hydrogen-bond acceptors (Lipinski definition) is 4. The SMILES string of the molecule is CC(C(=O)c1c[nH]c2ccccc12)N1CCN(S(=O)(=O)N(C)C)CC1. The molecular formula is C17H24N4O3S. The molecule has 0 saturated carbocycles. The number of rotatable bonds is 5. The van der Waals surface area contributed by atoms with Gasteiger partial charge in [0.25, 0.3) is 10.2 Å². The lowest BCUT2D eigenvalue weighted by atomic mass is 10.0. The first kappa shape index (κ1) is 18.1. The Morgan fingerprint density at radius 3 is 2.44 bits per heavy atom. The number of nitrogens with zero attached hydrogens (tertiary/aromatic N) is 3. The molecule has 0 aliphatic carbocycles. The van der Waals surface area contributed by atoms with Gasteiger partial charge in [0.1, 0.15) is 0 Å². The first-order valence-corrected chi connectivity index (χ1v) is 9.74. The first-order valence-electron chi connectivity index (χ1n) is 8.34. The lowest BCUT2D eigenvalue weighted by Crippen LogP contribution is -2.54. The van der Waals surface area contributed by atoms with Crippen molar-refractivity contribution in [3.05, 3.63) is 36.0 Å². The van der Waals surface area contributed by atoms with Gasteiger partial charge in [-0.05, 0) is 13.0 Å². The normalized spacial score (nSPS) is 18.7. The van der Waals surface area contributed by atoms with E-state index in [1.807, 2.05) is 36.1 Å². The lowest BCUT2D eigenvalue weighted by Gasteiger charge is -2.37. The first-order chi connectivity index (χ1) is 11.8. The van der Waals surface area contributed by atoms with Crippen molar-refractivity contribution >= 4 is 26.9 Å². The Hall–Kier alpha value is -1.74. The van der Waals surface area contributed by atoms with Crippen LogP contribution in [0.25, 0.3) is 10.9 Å². The quantitative estimate of drug-likeness (QED) is 0.808. The number of carbonyl (C=O) groups excluding carboxylic acids is 1. The number of ketones is 1. The van der Waals surface area contributed by atoms with Gasteiger partial charge in [-0.25, -0.2) is 0 Å². The molecule has 0 radical (unpaired) electrons. The summed E-state index contributed by atoms with van der Waals surface area (Å²) in [6.07, 6.45) is 1.76. The van der Waals surface area contributed by atoms with Crippen LogP contribution in [-0.4, -0.2) is 79.0 Å². The number of nitrogens with one attached hydrogen (secondary N) is 1. The van der Waals surface area contributed by atoms with Gasteiger partial charge in [0, 0.05) is 62.9 Å². The highest BCUT2D eigenvalue weighted by molar-refractivity contribution is 7.86. The van der Waals surface area contributed by atoms with Crippen molar-refractivity contribution in [2.75, 3.05) is 40.3 Å². The van der Waals surface area contributed by atoms with Gasteiger partial charge in [-0.1, -0.05) is 18.2 Å². The van der Waals surface area contributed by atoms with Gasteiger partial charge in [-0.15, -0.1) is 0 Å². The monoisotopic (exact) mass is 364 g/mol. The van der Waals surface area contributed by atoms with Crippen LogP contribution in [0.15, 0.2) is 30.5 Å². The molecule has 0 spiro atoms. The van der Waals surface area contributed by atoms with Crippen LogP contribution < -0.4 is 0 Å². The number of carbonyl (C=O) groups is 1. The molecule has 8 heteroatoms. The minimum Gasteiger partial charge on any atom is -0.360 e. The number of aromatic amines is 1. The zero-order chi connectivity index (χ0) is 18.2. The molecule has 1 aromatic heterocycles. The van der Waals surface area contributed by atoms with Crippen molar-refractivity contribution in [3.8, 4) is 0 Å². The van der Waals surface area contributed by atoms with E-state index in [0.29, 0.717) is 31.7 Å². The van der Waals surface area contributed by atoms with Gasteiger partial charge in [0.05, 0.1) is 6.04 Å². The van der Waals surface area contributed by atoms with Gasteiger partial charge in [-0.3, -0.25) is 9.69 Å². The molecule has 25 heavy (non-hydrogen) atoms. The number of hydrogen-bond donors (Lipinski definition) is 1. The predicted molar refractivity (Wildman–Crippen MR) is 97.8 cm³/mol. The Balaban J connectivity index is 1.70. The number of para-hydroxylation sites is 1. The van der Waals surface area contributed by atoms with Crippen LogP contribution in [0.5, 0.6) is 0 Å². The average Bonchev–Trinajstić information content (AvgIpc) is 3.04. The zero-order valence-corrected chi connectivity index (χ0v) is 15.6. The largest absolute Gasteiger partial charge is 0.360 e. The standard InChI is InChI=1S/C17H24N4O3S/c1-13(17(22)15-12-18-16-7-5-4-6-14(15)16)20-8-10-21(11-9-20)25(23,24)19(2)3/h4-7,12-13,18H,8-11H2,1-3H3. The fraction of sp³-hybridized carbons (Fsp3) is 0.471. The molecule has 3 rings (SSSR count). The van der Waals surface area contributed by atoms with E-state index >= 15 is 0 Å². The highest BCUT2D eigenvalue weighted by Crippen LogP contribution is 2.21. The molecule has 1 atom stereocenters. The number of piperazine rings is 1. The molecule has 1 saturated heterocycles. The third-order valence-electron chi connectivity index (χ3n) is 4.84. The second kappa shape index (κ2) is 6.87. The third-order valence-corrected chi connectivity index (χ3v) is 6.78. The van der Waals surface area contributed by atoms with Gasteiger partial charge in [-0.2, -0.15) is 17.0 Å².